The Morgan fingerprint density at radius 2 is 2.09 bits per heavy atom. The summed E-state index contributed by atoms with van der Waals surface area (Å²) >= 11 is 0. The fraction of sp³-hybridized carbons (Fsp3) is 0.706. The Bertz CT molecular complexity index is 531. The van der Waals surface area contributed by atoms with Crippen molar-refractivity contribution in [2.75, 3.05) is 38.7 Å². The Morgan fingerprint density at radius 3 is 2.87 bits per heavy atom. The van der Waals surface area contributed by atoms with E-state index >= 15 is 0 Å². The van der Waals surface area contributed by atoms with Crippen molar-refractivity contribution in [2.45, 2.75) is 32.1 Å². The standard InChI is InChI=1S/C17H26N4O2/c1-18-16-15(19-6-7-20-16)11-13-3-2-8-21(12-13)17(22)14-4-9-23-10-5-14/h6-7,13-14H,2-5,8-12H2,1H3,(H,18,20)/t13-/m1/s1. The molecule has 3 rings (SSSR count). The first-order chi connectivity index (χ1) is 11.3. The smallest absolute Gasteiger partial charge is 0.225 e. The fourth-order valence-electron chi connectivity index (χ4n) is 3.63. The maximum Gasteiger partial charge on any atom is 0.225 e. The molecule has 126 valence electrons. The summed E-state index contributed by atoms with van der Waals surface area (Å²) in [5, 5.41) is 3.10. The molecule has 2 fully saturated rings. The van der Waals surface area contributed by atoms with Crippen LogP contribution in [-0.4, -0.2) is 54.1 Å². The highest BCUT2D eigenvalue weighted by atomic mass is 16.5. The van der Waals surface area contributed by atoms with Crippen LogP contribution in [0.15, 0.2) is 12.4 Å². The molecule has 2 aliphatic rings. The number of rotatable bonds is 4. The molecule has 0 saturated carbocycles. The molecule has 0 spiro atoms. The summed E-state index contributed by atoms with van der Waals surface area (Å²) in [4.78, 5) is 23.6. The van der Waals surface area contributed by atoms with Gasteiger partial charge in [0.1, 0.15) is 5.82 Å². The molecule has 1 aromatic rings. The number of anilines is 1. The summed E-state index contributed by atoms with van der Waals surface area (Å²) in [7, 11) is 1.87. The number of carbonyl (C=O) groups excluding carboxylic acids is 1. The van der Waals surface area contributed by atoms with Gasteiger partial charge >= 0.3 is 0 Å². The van der Waals surface area contributed by atoms with Crippen LogP contribution in [0.1, 0.15) is 31.4 Å². The predicted octanol–water partition coefficient (Wildman–Crippen LogP) is 1.73. The van der Waals surface area contributed by atoms with E-state index in [1.54, 1.807) is 12.4 Å². The second-order valence-electron chi connectivity index (χ2n) is 6.48. The molecule has 1 aromatic heterocycles. The van der Waals surface area contributed by atoms with E-state index < -0.39 is 0 Å². The van der Waals surface area contributed by atoms with E-state index in [2.05, 4.69) is 20.2 Å². The van der Waals surface area contributed by atoms with Crippen LogP contribution in [0.4, 0.5) is 5.82 Å². The van der Waals surface area contributed by atoms with E-state index in [1.165, 1.54) is 0 Å². The molecule has 6 heteroatoms. The number of nitrogens with one attached hydrogen (secondary N) is 1. The van der Waals surface area contributed by atoms with Crippen LogP contribution in [0.5, 0.6) is 0 Å². The zero-order valence-electron chi connectivity index (χ0n) is 13.8. The van der Waals surface area contributed by atoms with E-state index in [4.69, 9.17) is 4.74 Å². The Kier molecular flexibility index (Phi) is 5.43. The quantitative estimate of drug-likeness (QED) is 0.916. The van der Waals surface area contributed by atoms with Crippen molar-refractivity contribution < 1.29 is 9.53 Å². The average Bonchev–Trinajstić information content (AvgIpc) is 2.62. The molecule has 1 atom stereocenters. The lowest BCUT2D eigenvalue weighted by Gasteiger charge is -2.36. The monoisotopic (exact) mass is 318 g/mol. The minimum absolute atomic E-state index is 0.159. The van der Waals surface area contributed by atoms with Gasteiger partial charge in [-0.25, -0.2) is 4.98 Å². The molecule has 2 aliphatic heterocycles. The molecule has 0 unspecified atom stereocenters. The van der Waals surface area contributed by atoms with Crippen molar-refractivity contribution >= 4 is 11.7 Å². The van der Waals surface area contributed by atoms with Crippen molar-refractivity contribution in [3.05, 3.63) is 18.1 Å². The summed E-state index contributed by atoms with van der Waals surface area (Å²) in [6, 6.07) is 0. The van der Waals surface area contributed by atoms with Crippen LogP contribution >= 0.6 is 0 Å². The molecule has 0 aliphatic carbocycles. The summed E-state index contributed by atoms with van der Waals surface area (Å²) in [5.74, 6) is 1.80. The first kappa shape index (κ1) is 16.2. The number of likely N-dealkylation sites (tertiary alicyclic amines) is 1. The van der Waals surface area contributed by atoms with E-state index in [0.29, 0.717) is 11.8 Å². The van der Waals surface area contributed by atoms with Crippen LogP contribution in [0.2, 0.25) is 0 Å². The maximum atomic E-state index is 12.7. The van der Waals surface area contributed by atoms with Gasteiger partial charge in [0.15, 0.2) is 0 Å². The van der Waals surface area contributed by atoms with Crippen molar-refractivity contribution in [3.8, 4) is 0 Å². The van der Waals surface area contributed by atoms with E-state index in [1.807, 2.05) is 7.05 Å². The van der Waals surface area contributed by atoms with Crippen LogP contribution in [0.25, 0.3) is 0 Å². The van der Waals surface area contributed by atoms with Gasteiger partial charge in [-0.2, -0.15) is 0 Å². The van der Waals surface area contributed by atoms with Gasteiger partial charge in [0.25, 0.3) is 0 Å². The molecule has 0 bridgehead atoms. The lowest BCUT2D eigenvalue weighted by atomic mass is 9.91. The summed E-state index contributed by atoms with van der Waals surface area (Å²) in [5.41, 5.74) is 1.00. The zero-order valence-corrected chi connectivity index (χ0v) is 13.8. The maximum absolute atomic E-state index is 12.7. The number of hydrogen-bond acceptors (Lipinski definition) is 5. The van der Waals surface area contributed by atoms with Crippen LogP contribution in [-0.2, 0) is 16.0 Å². The number of piperidine rings is 1. The lowest BCUT2D eigenvalue weighted by molar-refractivity contribution is -0.140. The largest absolute Gasteiger partial charge is 0.381 e. The van der Waals surface area contributed by atoms with E-state index in [9.17, 15) is 4.79 Å². The summed E-state index contributed by atoms with van der Waals surface area (Å²) in [6.07, 6.45) is 8.29. The van der Waals surface area contributed by atoms with Crippen LogP contribution < -0.4 is 5.32 Å². The first-order valence-corrected chi connectivity index (χ1v) is 8.62. The third-order valence-electron chi connectivity index (χ3n) is 4.89. The summed E-state index contributed by atoms with van der Waals surface area (Å²) < 4.78 is 5.37. The van der Waals surface area contributed by atoms with Gasteiger partial charge in [0.2, 0.25) is 5.91 Å². The third kappa shape index (κ3) is 3.99. The number of ether oxygens (including phenoxy) is 1. The Labute approximate surface area is 137 Å². The van der Waals surface area contributed by atoms with Gasteiger partial charge in [0.05, 0.1) is 5.69 Å². The number of nitrogens with zero attached hydrogens (tertiary/aromatic N) is 3. The zero-order chi connectivity index (χ0) is 16.1. The first-order valence-electron chi connectivity index (χ1n) is 8.62. The molecular formula is C17H26N4O2. The molecule has 0 aromatic carbocycles. The number of hydrogen-bond donors (Lipinski definition) is 1. The van der Waals surface area contributed by atoms with E-state index in [-0.39, 0.29) is 5.92 Å². The van der Waals surface area contributed by atoms with Crippen molar-refractivity contribution in [3.63, 3.8) is 0 Å². The van der Waals surface area contributed by atoms with Gasteiger partial charge in [-0.3, -0.25) is 9.78 Å². The van der Waals surface area contributed by atoms with Crippen LogP contribution in [0.3, 0.4) is 0 Å². The van der Waals surface area contributed by atoms with Crippen molar-refractivity contribution in [2.24, 2.45) is 11.8 Å². The predicted molar refractivity (Wildman–Crippen MR) is 88.1 cm³/mol. The third-order valence-corrected chi connectivity index (χ3v) is 4.89. The SMILES string of the molecule is CNc1nccnc1C[C@H]1CCCN(C(=O)C2CCOCC2)C1. The minimum atomic E-state index is 0.159. The van der Waals surface area contributed by atoms with Gasteiger partial charge in [-0.1, -0.05) is 0 Å². The molecule has 6 nitrogen and oxygen atoms in total. The minimum Gasteiger partial charge on any atom is -0.381 e. The Balaban J connectivity index is 1.60. The number of amides is 1. The Hall–Kier alpha value is -1.69. The van der Waals surface area contributed by atoms with E-state index in [0.717, 1.165) is 69.9 Å². The molecule has 0 radical (unpaired) electrons. The van der Waals surface area contributed by atoms with Crippen LogP contribution in [0, 0.1) is 11.8 Å². The van der Waals surface area contributed by atoms with Crippen molar-refractivity contribution in [1.82, 2.24) is 14.9 Å². The average molecular weight is 318 g/mol. The number of carbonyl (C=O) groups is 1. The topological polar surface area (TPSA) is 67.4 Å². The van der Waals surface area contributed by atoms with Gasteiger partial charge < -0.3 is 15.0 Å². The second kappa shape index (κ2) is 7.73. The number of aromatic nitrogens is 2. The molecule has 2 saturated heterocycles. The highest BCUT2D eigenvalue weighted by Gasteiger charge is 2.30. The fourth-order valence-corrected chi connectivity index (χ4v) is 3.63. The Morgan fingerprint density at radius 1 is 1.30 bits per heavy atom. The second-order valence-corrected chi connectivity index (χ2v) is 6.48. The van der Waals surface area contributed by atoms with Gasteiger partial charge in [0, 0.05) is 51.7 Å². The molecular weight excluding hydrogens is 292 g/mol. The summed E-state index contributed by atoms with van der Waals surface area (Å²) in [6.45, 7) is 3.18. The highest BCUT2D eigenvalue weighted by molar-refractivity contribution is 5.79. The highest BCUT2D eigenvalue weighted by Crippen LogP contribution is 2.25. The lowest BCUT2D eigenvalue weighted by Crippen LogP contribution is -2.44. The molecule has 1 amide bonds. The molecule has 3 heterocycles. The van der Waals surface area contributed by atoms with Crippen molar-refractivity contribution in [1.29, 1.82) is 0 Å². The normalized spacial score (nSPS) is 22.8. The van der Waals surface area contributed by atoms with Gasteiger partial charge in [-0.05, 0) is 38.0 Å². The molecule has 23 heavy (non-hydrogen) atoms. The molecule has 1 N–H and O–H groups in total. The van der Waals surface area contributed by atoms with Gasteiger partial charge in [-0.15, -0.1) is 0 Å².